The molecule has 2 atom stereocenters. The normalized spacial score (nSPS) is 25.1. The van der Waals surface area contributed by atoms with Crippen molar-refractivity contribution in [2.45, 2.75) is 58.3 Å². The van der Waals surface area contributed by atoms with E-state index in [1.54, 1.807) is 4.90 Å². The molecule has 2 aliphatic rings. The first-order valence-electron chi connectivity index (χ1n) is 9.38. The van der Waals surface area contributed by atoms with Gasteiger partial charge in [-0.15, -0.1) is 0 Å². The Bertz CT molecular complexity index is 810. The van der Waals surface area contributed by atoms with Gasteiger partial charge in [-0.25, -0.2) is 0 Å². The fourth-order valence-electron chi connectivity index (χ4n) is 4.57. The van der Waals surface area contributed by atoms with E-state index in [1.165, 1.54) is 0 Å². The number of hydrogen-bond acceptors (Lipinski definition) is 4. The van der Waals surface area contributed by atoms with E-state index < -0.39 is 27.8 Å². The monoisotopic (exact) mass is 399 g/mol. The van der Waals surface area contributed by atoms with Crippen LogP contribution in [0, 0.1) is 21.4 Å². The third-order valence-electron chi connectivity index (χ3n) is 6.24. The molecule has 1 aromatic rings. The van der Waals surface area contributed by atoms with Gasteiger partial charge in [-0.1, -0.05) is 13.8 Å². The number of nitrogens with two attached hydrogens (primary N) is 1. The molecule has 2 N–H and O–H groups in total. The zero-order valence-electron chi connectivity index (χ0n) is 15.9. The predicted molar refractivity (Wildman–Crippen MR) is 96.3 cm³/mol. The Morgan fingerprint density at radius 3 is 2.57 bits per heavy atom. The summed E-state index contributed by atoms with van der Waals surface area (Å²) in [7, 11) is 0. The maximum Gasteiger partial charge on any atom is 0.416 e. The molecule has 0 spiro atoms. The molecule has 1 heterocycles. The van der Waals surface area contributed by atoms with Crippen LogP contribution < -0.4 is 5.73 Å². The highest BCUT2D eigenvalue weighted by Crippen LogP contribution is 2.46. The number of nitro groups is 1. The van der Waals surface area contributed by atoms with E-state index in [9.17, 15) is 28.1 Å². The van der Waals surface area contributed by atoms with Gasteiger partial charge in [-0.05, 0) is 43.2 Å². The van der Waals surface area contributed by atoms with Crippen LogP contribution in [0.1, 0.15) is 49.8 Å². The number of hydrogen-bond donors (Lipinski definition) is 1. The van der Waals surface area contributed by atoms with Gasteiger partial charge in [0.15, 0.2) is 0 Å². The first kappa shape index (κ1) is 20.6. The van der Waals surface area contributed by atoms with E-state index in [1.807, 2.05) is 13.8 Å². The highest BCUT2D eigenvalue weighted by atomic mass is 19.4. The number of amides is 1. The Labute approximate surface area is 161 Å². The lowest BCUT2D eigenvalue weighted by molar-refractivity contribution is -0.385. The van der Waals surface area contributed by atoms with Crippen molar-refractivity contribution in [3.8, 4) is 0 Å². The molecule has 0 saturated heterocycles. The summed E-state index contributed by atoms with van der Waals surface area (Å²) in [6.07, 6.45) is -2.59. The molecule has 28 heavy (non-hydrogen) atoms. The second-order valence-corrected chi connectivity index (χ2v) is 8.18. The van der Waals surface area contributed by atoms with Crippen molar-refractivity contribution >= 4 is 11.6 Å². The highest BCUT2D eigenvalue weighted by Gasteiger charge is 2.49. The Morgan fingerprint density at radius 2 is 2.07 bits per heavy atom. The van der Waals surface area contributed by atoms with Crippen molar-refractivity contribution in [3.05, 3.63) is 38.9 Å². The molecule has 3 rings (SSSR count). The van der Waals surface area contributed by atoms with Gasteiger partial charge < -0.3 is 10.6 Å². The zero-order valence-corrected chi connectivity index (χ0v) is 15.9. The molecule has 0 aromatic heterocycles. The average Bonchev–Trinajstić information content (AvgIpc) is 3.02. The fourth-order valence-corrected chi connectivity index (χ4v) is 4.57. The van der Waals surface area contributed by atoms with Crippen molar-refractivity contribution in [2.75, 3.05) is 6.54 Å². The molecule has 1 aliphatic heterocycles. The lowest BCUT2D eigenvalue weighted by atomic mass is 9.74. The highest BCUT2D eigenvalue weighted by molar-refractivity contribution is 5.84. The smallest absolute Gasteiger partial charge is 0.338 e. The van der Waals surface area contributed by atoms with E-state index in [0.717, 1.165) is 12.5 Å². The number of nitrogens with zero attached hydrogens (tertiary/aromatic N) is 2. The Balaban J connectivity index is 1.96. The molecule has 1 fully saturated rings. The Kier molecular flexibility index (Phi) is 5.16. The van der Waals surface area contributed by atoms with Crippen LogP contribution in [0.15, 0.2) is 12.1 Å². The number of carbonyl (C=O) groups is 1. The molecule has 6 nitrogen and oxygen atoms in total. The van der Waals surface area contributed by atoms with Gasteiger partial charge in [0.25, 0.3) is 5.69 Å². The van der Waals surface area contributed by atoms with E-state index >= 15 is 0 Å². The van der Waals surface area contributed by atoms with Crippen molar-refractivity contribution in [1.82, 2.24) is 4.90 Å². The van der Waals surface area contributed by atoms with Crippen LogP contribution in [0.5, 0.6) is 0 Å². The van der Waals surface area contributed by atoms with Gasteiger partial charge in [0.05, 0.1) is 15.9 Å². The van der Waals surface area contributed by atoms with Crippen molar-refractivity contribution in [3.63, 3.8) is 0 Å². The zero-order chi connectivity index (χ0) is 20.9. The van der Waals surface area contributed by atoms with Gasteiger partial charge in [-0.2, -0.15) is 13.2 Å². The fraction of sp³-hybridized carbons (Fsp3) is 0.632. The summed E-state index contributed by atoms with van der Waals surface area (Å²) in [5, 5.41) is 11.3. The van der Waals surface area contributed by atoms with E-state index in [-0.39, 0.29) is 48.5 Å². The molecule has 0 radical (unpaired) electrons. The van der Waals surface area contributed by atoms with Gasteiger partial charge >= 0.3 is 6.18 Å². The van der Waals surface area contributed by atoms with Crippen LogP contribution in [-0.2, 0) is 23.9 Å². The number of fused-ring (bicyclic) bond motifs is 1. The Morgan fingerprint density at radius 1 is 1.39 bits per heavy atom. The molecule has 0 bridgehead atoms. The second kappa shape index (κ2) is 7.02. The summed E-state index contributed by atoms with van der Waals surface area (Å²) in [6.45, 7) is 4.12. The molecule has 0 unspecified atom stereocenters. The number of halogens is 3. The summed E-state index contributed by atoms with van der Waals surface area (Å²) in [6, 6.07) is 1.45. The molecular weight excluding hydrogens is 375 g/mol. The molecule has 9 heteroatoms. The van der Waals surface area contributed by atoms with E-state index in [0.29, 0.717) is 18.9 Å². The third kappa shape index (κ3) is 3.47. The second-order valence-electron chi connectivity index (χ2n) is 8.18. The minimum atomic E-state index is -4.69. The summed E-state index contributed by atoms with van der Waals surface area (Å²) < 4.78 is 39.6. The SMILES string of the molecule is CC(C)[C@]1(C(=O)N2CCc3c(cc(C(F)(F)F)cc3[N+](=O)[O-])C2)CC[C@@H](N)C1. The molecule has 1 aliphatic carbocycles. The third-order valence-corrected chi connectivity index (χ3v) is 6.24. The Hall–Kier alpha value is -2.16. The maximum absolute atomic E-state index is 13.3. The van der Waals surface area contributed by atoms with Crippen molar-refractivity contribution < 1.29 is 22.9 Å². The minimum Gasteiger partial charge on any atom is -0.338 e. The van der Waals surface area contributed by atoms with Crippen LogP contribution in [0.3, 0.4) is 0 Å². The van der Waals surface area contributed by atoms with Crippen LogP contribution in [0.25, 0.3) is 0 Å². The summed E-state index contributed by atoms with van der Waals surface area (Å²) in [5.74, 6) is -0.0630. The summed E-state index contributed by atoms with van der Waals surface area (Å²) in [5.41, 5.74) is 4.31. The molecule has 154 valence electrons. The molecular formula is C19H24F3N3O3. The van der Waals surface area contributed by atoms with Crippen LogP contribution in [0.4, 0.5) is 18.9 Å². The topological polar surface area (TPSA) is 89.5 Å². The van der Waals surface area contributed by atoms with Gasteiger partial charge in [0, 0.05) is 30.8 Å². The van der Waals surface area contributed by atoms with Crippen LogP contribution in [-0.4, -0.2) is 28.3 Å². The van der Waals surface area contributed by atoms with Gasteiger partial charge in [0.1, 0.15) is 0 Å². The van der Waals surface area contributed by atoms with Gasteiger partial charge in [0.2, 0.25) is 5.91 Å². The summed E-state index contributed by atoms with van der Waals surface area (Å²) >= 11 is 0. The number of alkyl halides is 3. The summed E-state index contributed by atoms with van der Waals surface area (Å²) in [4.78, 5) is 25.4. The average molecular weight is 399 g/mol. The lowest BCUT2D eigenvalue weighted by Gasteiger charge is -2.39. The molecule has 1 saturated carbocycles. The standard InChI is InChI=1S/C19H24F3N3O3/c1-11(2)18(5-3-14(23)9-18)17(26)24-6-4-15-12(10-24)7-13(19(20,21)22)8-16(15)25(27)28/h7-8,11,14H,3-6,9-10,23H2,1-2H3/t14-,18+/m1/s1. The molecule has 1 amide bonds. The number of benzene rings is 1. The lowest BCUT2D eigenvalue weighted by Crippen LogP contribution is -2.48. The molecule has 1 aromatic carbocycles. The van der Waals surface area contributed by atoms with Gasteiger partial charge in [-0.3, -0.25) is 14.9 Å². The van der Waals surface area contributed by atoms with Crippen molar-refractivity contribution in [2.24, 2.45) is 17.1 Å². The number of rotatable bonds is 3. The minimum absolute atomic E-state index is 0.0470. The van der Waals surface area contributed by atoms with Crippen molar-refractivity contribution in [1.29, 1.82) is 0 Å². The van der Waals surface area contributed by atoms with Crippen LogP contribution in [0.2, 0.25) is 0 Å². The largest absolute Gasteiger partial charge is 0.416 e. The maximum atomic E-state index is 13.3. The van der Waals surface area contributed by atoms with Crippen LogP contribution >= 0.6 is 0 Å². The number of nitro benzene ring substituents is 1. The first-order valence-corrected chi connectivity index (χ1v) is 9.38. The van der Waals surface area contributed by atoms with E-state index in [2.05, 4.69) is 0 Å². The predicted octanol–water partition coefficient (Wildman–Crippen LogP) is 3.65. The van der Waals surface area contributed by atoms with E-state index in [4.69, 9.17) is 5.73 Å². The quantitative estimate of drug-likeness (QED) is 0.621. The number of carbonyl (C=O) groups excluding carboxylic acids is 1. The first-order chi connectivity index (χ1) is 13.0.